The summed E-state index contributed by atoms with van der Waals surface area (Å²) in [5.74, 6) is 1.16. The van der Waals surface area contributed by atoms with Gasteiger partial charge in [0.05, 0.1) is 6.61 Å². The molecule has 0 saturated carbocycles. The molecule has 13 heavy (non-hydrogen) atoms. The van der Waals surface area contributed by atoms with Gasteiger partial charge in [0.15, 0.2) is 0 Å². The van der Waals surface area contributed by atoms with Crippen molar-refractivity contribution in [3.05, 3.63) is 29.3 Å². The number of hydrogen-bond donors (Lipinski definition) is 0. The fourth-order valence-corrected chi connectivity index (χ4v) is 2.02. The van der Waals surface area contributed by atoms with E-state index in [4.69, 9.17) is 4.74 Å². The number of aryl methyl sites for hydroxylation is 1. The van der Waals surface area contributed by atoms with Crippen LogP contribution in [0.1, 0.15) is 17.5 Å². The van der Waals surface area contributed by atoms with Gasteiger partial charge in [-0.2, -0.15) is 0 Å². The molecule has 0 saturated heterocycles. The largest absolute Gasteiger partial charge is 0.493 e. The zero-order valence-corrected chi connectivity index (χ0v) is 9.14. The van der Waals surface area contributed by atoms with Crippen LogP contribution in [-0.4, -0.2) is 11.9 Å². The highest BCUT2D eigenvalue weighted by Gasteiger charge is 2.14. The average molecular weight is 241 g/mol. The van der Waals surface area contributed by atoms with Gasteiger partial charge in [0.2, 0.25) is 0 Å². The molecule has 1 heterocycles. The number of halogens is 1. The third-order valence-corrected chi connectivity index (χ3v) is 2.94. The Labute approximate surface area is 87.2 Å². The highest BCUT2D eigenvalue weighted by Crippen LogP contribution is 2.30. The van der Waals surface area contributed by atoms with Crippen LogP contribution < -0.4 is 4.74 Å². The van der Waals surface area contributed by atoms with E-state index in [2.05, 4.69) is 34.1 Å². The van der Waals surface area contributed by atoms with E-state index in [-0.39, 0.29) is 0 Å². The van der Waals surface area contributed by atoms with Crippen molar-refractivity contribution in [1.82, 2.24) is 0 Å². The molecular weight excluding hydrogens is 228 g/mol. The number of ether oxygens (including phenoxy) is 1. The number of para-hydroxylation sites is 1. The van der Waals surface area contributed by atoms with Crippen LogP contribution >= 0.6 is 15.9 Å². The van der Waals surface area contributed by atoms with Crippen LogP contribution in [0.5, 0.6) is 5.75 Å². The molecule has 1 aliphatic heterocycles. The SMILES string of the molecule is BrCCCc1cccc2c1OCC2. The van der Waals surface area contributed by atoms with Crippen molar-refractivity contribution in [2.45, 2.75) is 19.3 Å². The Hall–Kier alpha value is -0.500. The molecule has 0 aliphatic carbocycles. The molecule has 0 fully saturated rings. The molecule has 0 aromatic heterocycles. The molecule has 1 aromatic carbocycles. The maximum Gasteiger partial charge on any atom is 0.125 e. The second kappa shape index (κ2) is 4.14. The lowest BCUT2D eigenvalue weighted by Gasteiger charge is -2.06. The summed E-state index contributed by atoms with van der Waals surface area (Å²) in [5.41, 5.74) is 2.75. The van der Waals surface area contributed by atoms with E-state index >= 15 is 0 Å². The third-order valence-electron chi connectivity index (χ3n) is 2.38. The third kappa shape index (κ3) is 1.88. The summed E-state index contributed by atoms with van der Waals surface area (Å²) in [7, 11) is 0. The molecule has 0 spiro atoms. The fourth-order valence-electron chi connectivity index (χ4n) is 1.74. The molecule has 1 aromatic rings. The minimum absolute atomic E-state index is 0.862. The van der Waals surface area contributed by atoms with Crippen molar-refractivity contribution in [2.24, 2.45) is 0 Å². The maximum absolute atomic E-state index is 5.61. The van der Waals surface area contributed by atoms with Crippen LogP contribution in [0.15, 0.2) is 18.2 Å². The van der Waals surface area contributed by atoms with E-state index in [1.807, 2.05) is 0 Å². The Morgan fingerprint density at radius 2 is 2.31 bits per heavy atom. The summed E-state index contributed by atoms with van der Waals surface area (Å²) in [6, 6.07) is 6.48. The van der Waals surface area contributed by atoms with Gasteiger partial charge in [-0.15, -0.1) is 0 Å². The van der Waals surface area contributed by atoms with Gasteiger partial charge in [-0.05, 0) is 24.0 Å². The molecule has 0 bridgehead atoms. The topological polar surface area (TPSA) is 9.23 Å². The summed E-state index contributed by atoms with van der Waals surface area (Å²) in [6.45, 7) is 0.862. The molecule has 0 amide bonds. The molecule has 1 nitrogen and oxygen atoms in total. The molecule has 70 valence electrons. The second-order valence-electron chi connectivity index (χ2n) is 3.30. The van der Waals surface area contributed by atoms with Gasteiger partial charge in [0, 0.05) is 11.8 Å². The van der Waals surface area contributed by atoms with E-state index < -0.39 is 0 Å². The molecular formula is C11H13BrO. The lowest BCUT2D eigenvalue weighted by Crippen LogP contribution is -1.92. The minimum Gasteiger partial charge on any atom is -0.493 e. The van der Waals surface area contributed by atoms with Crippen LogP contribution in [0.2, 0.25) is 0 Å². The molecule has 0 atom stereocenters. The van der Waals surface area contributed by atoms with Gasteiger partial charge in [0.25, 0.3) is 0 Å². The van der Waals surface area contributed by atoms with Gasteiger partial charge in [-0.1, -0.05) is 34.1 Å². The van der Waals surface area contributed by atoms with Crippen molar-refractivity contribution in [1.29, 1.82) is 0 Å². The number of fused-ring (bicyclic) bond motifs is 1. The lowest BCUT2D eigenvalue weighted by molar-refractivity contribution is 0.353. The first-order valence-electron chi connectivity index (χ1n) is 4.71. The van der Waals surface area contributed by atoms with E-state index in [0.717, 1.165) is 30.5 Å². The number of alkyl halides is 1. The van der Waals surface area contributed by atoms with Gasteiger partial charge in [0.1, 0.15) is 5.75 Å². The predicted molar refractivity (Wildman–Crippen MR) is 57.8 cm³/mol. The zero-order chi connectivity index (χ0) is 9.10. The van der Waals surface area contributed by atoms with E-state index in [1.165, 1.54) is 17.5 Å². The summed E-state index contributed by atoms with van der Waals surface area (Å²) < 4.78 is 5.61. The molecule has 1 aliphatic rings. The highest BCUT2D eigenvalue weighted by molar-refractivity contribution is 9.09. The molecule has 2 heteroatoms. The van der Waals surface area contributed by atoms with E-state index in [0.29, 0.717) is 0 Å². The summed E-state index contributed by atoms with van der Waals surface area (Å²) in [4.78, 5) is 0. The van der Waals surface area contributed by atoms with Crippen molar-refractivity contribution in [2.75, 3.05) is 11.9 Å². The summed E-state index contributed by atoms with van der Waals surface area (Å²) >= 11 is 3.45. The first kappa shape index (κ1) is 9.07. The Balaban J connectivity index is 2.20. The Kier molecular flexibility index (Phi) is 2.89. The summed E-state index contributed by atoms with van der Waals surface area (Å²) in [5, 5.41) is 1.07. The molecule has 2 rings (SSSR count). The van der Waals surface area contributed by atoms with E-state index in [1.54, 1.807) is 0 Å². The van der Waals surface area contributed by atoms with Gasteiger partial charge in [-0.3, -0.25) is 0 Å². The molecule has 0 N–H and O–H groups in total. The first-order valence-corrected chi connectivity index (χ1v) is 5.83. The monoisotopic (exact) mass is 240 g/mol. The Bertz CT molecular complexity index is 296. The van der Waals surface area contributed by atoms with Crippen molar-refractivity contribution in [3.63, 3.8) is 0 Å². The van der Waals surface area contributed by atoms with Gasteiger partial charge < -0.3 is 4.74 Å². The average Bonchev–Trinajstić information content (AvgIpc) is 2.62. The summed E-state index contributed by atoms with van der Waals surface area (Å²) in [6.07, 6.45) is 3.38. The van der Waals surface area contributed by atoms with Gasteiger partial charge in [-0.25, -0.2) is 0 Å². The van der Waals surface area contributed by atoms with Crippen LogP contribution in [0.25, 0.3) is 0 Å². The predicted octanol–water partition coefficient (Wildman–Crippen LogP) is 2.95. The minimum atomic E-state index is 0.862. The van der Waals surface area contributed by atoms with Crippen LogP contribution in [0.4, 0.5) is 0 Å². The lowest BCUT2D eigenvalue weighted by atomic mass is 10.0. The molecule has 0 radical (unpaired) electrons. The van der Waals surface area contributed by atoms with Crippen molar-refractivity contribution >= 4 is 15.9 Å². The number of rotatable bonds is 3. The molecule has 0 unspecified atom stereocenters. The number of hydrogen-bond acceptors (Lipinski definition) is 1. The van der Waals surface area contributed by atoms with Crippen molar-refractivity contribution in [3.8, 4) is 5.75 Å². The van der Waals surface area contributed by atoms with Crippen LogP contribution in [0, 0.1) is 0 Å². The second-order valence-corrected chi connectivity index (χ2v) is 4.09. The van der Waals surface area contributed by atoms with E-state index in [9.17, 15) is 0 Å². The Morgan fingerprint density at radius 3 is 3.15 bits per heavy atom. The fraction of sp³-hybridized carbons (Fsp3) is 0.455. The van der Waals surface area contributed by atoms with Crippen LogP contribution in [-0.2, 0) is 12.8 Å². The Morgan fingerprint density at radius 1 is 1.38 bits per heavy atom. The highest BCUT2D eigenvalue weighted by atomic mass is 79.9. The van der Waals surface area contributed by atoms with Gasteiger partial charge >= 0.3 is 0 Å². The normalized spacial score (nSPS) is 13.9. The standard InChI is InChI=1S/C11H13BrO/c12-7-2-5-9-3-1-4-10-6-8-13-11(9)10/h1,3-4H,2,5-8H2. The first-order chi connectivity index (χ1) is 6.42. The van der Waals surface area contributed by atoms with Crippen molar-refractivity contribution < 1.29 is 4.74 Å². The zero-order valence-electron chi connectivity index (χ0n) is 7.55. The van der Waals surface area contributed by atoms with Crippen LogP contribution in [0.3, 0.4) is 0 Å². The number of benzene rings is 1. The quantitative estimate of drug-likeness (QED) is 0.739. The smallest absolute Gasteiger partial charge is 0.125 e. The maximum atomic E-state index is 5.61.